The van der Waals surface area contributed by atoms with Crippen LogP contribution in [0.3, 0.4) is 0 Å². The van der Waals surface area contributed by atoms with E-state index < -0.39 is 0 Å². The topological polar surface area (TPSA) is 51.2 Å². The molecule has 19 heavy (non-hydrogen) atoms. The highest BCUT2D eigenvalue weighted by molar-refractivity contribution is 5.51. The van der Waals surface area contributed by atoms with Gasteiger partial charge in [-0.2, -0.15) is 0 Å². The van der Waals surface area contributed by atoms with E-state index in [1.165, 1.54) is 0 Å². The Bertz CT molecular complexity index is 477. The zero-order valence-electron chi connectivity index (χ0n) is 11.3. The van der Waals surface area contributed by atoms with Gasteiger partial charge in [-0.3, -0.25) is 4.90 Å². The third kappa shape index (κ3) is 2.48. The van der Waals surface area contributed by atoms with Gasteiger partial charge in [0, 0.05) is 30.8 Å². The molecule has 0 bridgehead atoms. The van der Waals surface area contributed by atoms with Crippen LogP contribution in [-0.2, 0) is 11.3 Å². The molecule has 1 saturated heterocycles. The molecule has 2 unspecified atom stereocenters. The maximum atomic E-state index is 10.1. The second kappa shape index (κ2) is 4.90. The molecule has 104 valence electrons. The molecule has 0 saturated carbocycles. The lowest BCUT2D eigenvalue weighted by Gasteiger charge is -2.36. The molecule has 2 aliphatic rings. The van der Waals surface area contributed by atoms with Crippen LogP contribution in [0.4, 0.5) is 0 Å². The van der Waals surface area contributed by atoms with Gasteiger partial charge in [-0.1, -0.05) is 0 Å². The van der Waals surface area contributed by atoms with E-state index in [0.29, 0.717) is 24.1 Å². The molecule has 0 aliphatic carbocycles. The monoisotopic (exact) mass is 265 g/mol. The molecule has 1 aromatic rings. The number of phenolic OH excluding ortho intramolecular Hbond substituents is 1. The van der Waals surface area contributed by atoms with Gasteiger partial charge in [-0.05, 0) is 19.9 Å². The SMILES string of the molecule is CC1CN(Cc2cc3c(cc2O)OCO3)C(C)CO1. The van der Waals surface area contributed by atoms with Crippen molar-refractivity contribution in [3.05, 3.63) is 17.7 Å². The summed E-state index contributed by atoms with van der Waals surface area (Å²) in [6.07, 6.45) is 0.229. The first-order valence-electron chi connectivity index (χ1n) is 6.60. The Labute approximate surface area is 112 Å². The Hall–Kier alpha value is -1.46. The number of ether oxygens (including phenoxy) is 3. The molecule has 5 heteroatoms. The lowest BCUT2D eigenvalue weighted by atomic mass is 10.1. The van der Waals surface area contributed by atoms with E-state index in [0.717, 1.165) is 18.7 Å². The summed E-state index contributed by atoms with van der Waals surface area (Å²) >= 11 is 0. The first-order valence-corrected chi connectivity index (χ1v) is 6.60. The molecule has 2 aliphatic heterocycles. The molecule has 2 atom stereocenters. The van der Waals surface area contributed by atoms with Crippen molar-refractivity contribution in [2.45, 2.75) is 32.5 Å². The number of morpholine rings is 1. The molecule has 2 heterocycles. The fraction of sp³-hybridized carbons (Fsp3) is 0.571. The summed E-state index contributed by atoms with van der Waals surface area (Å²) in [4.78, 5) is 2.31. The number of aromatic hydroxyl groups is 1. The lowest BCUT2D eigenvalue weighted by Crippen LogP contribution is -2.46. The van der Waals surface area contributed by atoms with Crippen LogP contribution in [0, 0.1) is 0 Å². The summed E-state index contributed by atoms with van der Waals surface area (Å²) in [5.74, 6) is 1.59. The number of fused-ring (bicyclic) bond motifs is 1. The minimum absolute atomic E-state index is 0.225. The molecule has 1 aromatic carbocycles. The van der Waals surface area contributed by atoms with Crippen molar-refractivity contribution < 1.29 is 19.3 Å². The summed E-state index contributed by atoms with van der Waals surface area (Å²) in [5, 5.41) is 10.1. The average Bonchev–Trinajstić information content (AvgIpc) is 2.81. The van der Waals surface area contributed by atoms with Crippen molar-refractivity contribution in [1.29, 1.82) is 0 Å². The molecule has 1 N–H and O–H groups in total. The molecular formula is C14H19NO4. The minimum Gasteiger partial charge on any atom is -0.507 e. The quantitative estimate of drug-likeness (QED) is 0.882. The van der Waals surface area contributed by atoms with Crippen molar-refractivity contribution in [3.63, 3.8) is 0 Å². The van der Waals surface area contributed by atoms with E-state index in [9.17, 15) is 5.11 Å². The van der Waals surface area contributed by atoms with E-state index in [1.807, 2.05) is 6.07 Å². The molecular weight excluding hydrogens is 246 g/mol. The predicted octanol–water partition coefficient (Wildman–Crippen LogP) is 1.73. The van der Waals surface area contributed by atoms with E-state index in [2.05, 4.69) is 18.7 Å². The minimum atomic E-state index is 0.225. The van der Waals surface area contributed by atoms with Crippen molar-refractivity contribution in [2.24, 2.45) is 0 Å². The third-order valence-electron chi connectivity index (χ3n) is 3.68. The van der Waals surface area contributed by atoms with Gasteiger partial charge >= 0.3 is 0 Å². The second-order valence-corrected chi connectivity index (χ2v) is 5.26. The van der Waals surface area contributed by atoms with Gasteiger partial charge in [0.1, 0.15) is 5.75 Å². The number of hydrogen-bond acceptors (Lipinski definition) is 5. The van der Waals surface area contributed by atoms with Gasteiger partial charge in [0.05, 0.1) is 12.7 Å². The second-order valence-electron chi connectivity index (χ2n) is 5.26. The van der Waals surface area contributed by atoms with Gasteiger partial charge in [-0.15, -0.1) is 0 Å². The van der Waals surface area contributed by atoms with E-state index >= 15 is 0 Å². The van der Waals surface area contributed by atoms with Crippen LogP contribution in [0.2, 0.25) is 0 Å². The highest BCUT2D eigenvalue weighted by Crippen LogP contribution is 2.38. The first-order chi connectivity index (χ1) is 9.13. The number of hydrogen-bond donors (Lipinski definition) is 1. The first kappa shape index (κ1) is 12.6. The van der Waals surface area contributed by atoms with Crippen molar-refractivity contribution in [1.82, 2.24) is 4.90 Å². The Kier molecular flexibility index (Phi) is 3.24. The summed E-state index contributed by atoms with van der Waals surface area (Å²) in [7, 11) is 0. The van der Waals surface area contributed by atoms with Gasteiger partial charge < -0.3 is 19.3 Å². The van der Waals surface area contributed by atoms with Gasteiger partial charge in [-0.25, -0.2) is 0 Å². The Morgan fingerprint density at radius 2 is 2.00 bits per heavy atom. The van der Waals surface area contributed by atoms with Crippen LogP contribution in [0.1, 0.15) is 19.4 Å². The molecule has 0 amide bonds. The van der Waals surface area contributed by atoms with E-state index in [1.54, 1.807) is 6.07 Å². The largest absolute Gasteiger partial charge is 0.507 e. The number of nitrogens with zero attached hydrogens (tertiary/aromatic N) is 1. The average molecular weight is 265 g/mol. The molecule has 0 aromatic heterocycles. The summed E-state index contributed by atoms with van der Waals surface area (Å²) < 4.78 is 16.2. The third-order valence-corrected chi connectivity index (χ3v) is 3.68. The zero-order valence-corrected chi connectivity index (χ0v) is 11.3. The predicted molar refractivity (Wildman–Crippen MR) is 69.5 cm³/mol. The highest BCUT2D eigenvalue weighted by Gasteiger charge is 2.25. The Morgan fingerprint density at radius 1 is 1.26 bits per heavy atom. The molecule has 0 spiro atoms. The smallest absolute Gasteiger partial charge is 0.231 e. The number of rotatable bonds is 2. The van der Waals surface area contributed by atoms with Crippen LogP contribution in [0.15, 0.2) is 12.1 Å². The summed E-state index contributed by atoms with van der Waals surface area (Å²) in [6, 6.07) is 3.84. The van der Waals surface area contributed by atoms with Gasteiger partial charge in [0.25, 0.3) is 0 Å². The fourth-order valence-electron chi connectivity index (χ4n) is 2.51. The summed E-state index contributed by atoms with van der Waals surface area (Å²) in [5.41, 5.74) is 0.866. The lowest BCUT2D eigenvalue weighted by molar-refractivity contribution is -0.0528. The highest BCUT2D eigenvalue weighted by atomic mass is 16.7. The van der Waals surface area contributed by atoms with Gasteiger partial charge in [0.15, 0.2) is 11.5 Å². The molecule has 0 radical (unpaired) electrons. The van der Waals surface area contributed by atoms with Crippen molar-refractivity contribution in [2.75, 3.05) is 19.9 Å². The number of phenols is 1. The molecule has 5 nitrogen and oxygen atoms in total. The maximum absolute atomic E-state index is 10.1. The normalized spacial score (nSPS) is 26.6. The van der Waals surface area contributed by atoms with Crippen molar-refractivity contribution >= 4 is 0 Å². The fourth-order valence-corrected chi connectivity index (χ4v) is 2.51. The van der Waals surface area contributed by atoms with Crippen LogP contribution in [0.25, 0.3) is 0 Å². The Morgan fingerprint density at radius 3 is 2.79 bits per heavy atom. The Balaban J connectivity index is 1.79. The van der Waals surface area contributed by atoms with E-state index in [-0.39, 0.29) is 18.6 Å². The van der Waals surface area contributed by atoms with Gasteiger partial charge in [0.2, 0.25) is 6.79 Å². The van der Waals surface area contributed by atoms with Crippen LogP contribution < -0.4 is 9.47 Å². The van der Waals surface area contributed by atoms with Crippen LogP contribution >= 0.6 is 0 Å². The van der Waals surface area contributed by atoms with Crippen molar-refractivity contribution in [3.8, 4) is 17.2 Å². The molecule has 3 rings (SSSR count). The molecule has 1 fully saturated rings. The maximum Gasteiger partial charge on any atom is 0.231 e. The number of benzene rings is 1. The van der Waals surface area contributed by atoms with Crippen LogP contribution in [-0.4, -0.2) is 42.1 Å². The van der Waals surface area contributed by atoms with Crippen LogP contribution in [0.5, 0.6) is 17.2 Å². The summed E-state index contributed by atoms with van der Waals surface area (Å²) in [6.45, 7) is 6.72. The standard InChI is InChI=1S/C14H19NO4/c1-9-7-17-10(2)5-15(9)6-11-3-13-14(4-12(11)16)19-8-18-13/h3-4,9-10,16H,5-8H2,1-2H3. The zero-order chi connectivity index (χ0) is 13.4. The van der Waals surface area contributed by atoms with E-state index in [4.69, 9.17) is 14.2 Å².